The zero-order valence-corrected chi connectivity index (χ0v) is 12.5. The molecule has 1 aromatic heterocycles. The molecule has 0 radical (unpaired) electrons. The predicted molar refractivity (Wildman–Crippen MR) is 82.5 cm³/mol. The molecule has 21 heavy (non-hydrogen) atoms. The van der Waals surface area contributed by atoms with Crippen molar-refractivity contribution < 1.29 is 9.90 Å². The van der Waals surface area contributed by atoms with E-state index in [2.05, 4.69) is 6.07 Å². The predicted octanol–water partition coefficient (Wildman–Crippen LogP) is 2.69. The van der Waals surface area contributed by atoms with Crippen LogP contribution in [0.2, 0.25) is 0 Å². The van der Waals surface area contributed by atoms with E-state index in [1.807, 2.05) is 32.0 Å². The molecule has 0 aliphatic rings. The molecule has 2 aromatic rings. The number of benzene rings is 1. The summed E-state index contributed by atoms with van der Waals surface area (Å²) < 4.78 is 1.60. The van der Waals surface area contributed by atoms with Crippen LogP contribution < -0.4 is 5.56 Å². The van der Waals surface area contributed by atoms with Gasteiger partial charge in [0, 0.05) is 24.6 Å². The summed E-state index contributed by atoms with van der Waals surface area (Å²) in [7, 11) is 1.73. The van der Waals surface area contributed by atoms with Gasteiger partial charge in [-0.1, -0.05) is 23.8 Å². The number of aliphatic carboxylic acids is 1. The molecule has 0 saturated carbocycles. The molecule has 1 N–H and O–H groups in total. The summed E-state index contributed by atoms with van der Waals surface area (Å²) in [6.07, 6.45) is 0.229. The fraction of sp³-hybridized carbons (Fsp3) is 0.294. The Hall–Kier alpha value is -2.36. The molecule has 0 fully saturated rings. The minimum absolute atomic E-state index is 0.0297. The van der Waals surface area contributed by atoms with Crippen molar-refractivity contribution >= 4 is 5.97 Å². The van der Waals surface area contributed by atoms with Crippen molar-refractivity contribution in [2.45, 2.75) is 26.7 Å². The van der Waals surface area contributed by atoms with E-state index in [1.54, 1.807) is 17.7 Å². The summed E-state index contributed by atoms with van der Waals surface area (Å²) in [5.74, 6) is -0.893. The number of aryl methyl sites for hydroxylation is 3. The van der Waals surface area contributed by atoms with Gasteiger partial charge in [0.25, 0.3) is 5.56 Å². The Labute approximate surface area is 123 Å². The molecule has 1 aromatic carbocycles. The zero-order chi connectivity index (χ0) is 15.6. The van der Waals surface area contributed by atoms with Crippen LogP contribution in [0.4, 0.5) is 0 Å². The molecular formula is C17H19NO3. The first kappa shape index (κ1) is 15.0. The standard InChI is InChI=1S/C17H19NO3/c1-11-4-5-12(2)14(10-11)15-8-6-13(7-9-16(19)20)17(21)18(15)3/h4-6,8,10H,7,9H2,1-3H3,(H,19,20). The van der Waals surface area contributed by atoms with E-state index in [0.717, 1.165) is 22.4 Å². The fourth-order valence-corrected chi connectivity index (χ4v) is 2.40. The van der Waals surface area contributed by atoms with Gasteiger partial charge in [-0.15, -0.1) is 0 Å². The second-order valence-corrected chi connectivity index (χ2v) is 5.32. The van der Waals surface area contributed by atoms with Crippen LogP contribution in [-0.4, -0.2) is 15.6 Å². The van der Waals surface area contributed by atoms with Crippen LogP contribution in [0, 0.1) is 13.8 Å². The van der Waals surface area contributed by atoms with Gasteiger partial charge in [0.05, 0.1) is 5.69 Å². The minimum atomic E-state index is -0.893. The number of carbonyl (C=O) groups is 1. The van der Waals surface area contributed by atoms with Gasteiger partial charge in [0.2, 0.25) is 0 Å². The minimum Gasteiger partial charge on any atom is -0.481 e. The maximum atomic E-state index is 12.3. The average molecular weight is 285 g/mol. The Balaban J connectivity index is 2.48. The molecule has 0 aliphatic carbocycles. The van der Waals surface area contributed by atoms with Crippen LogP contribution in [0.3, 0.4) is 0 Å². The SMILES string of the molecule is Cc1ccc(C)c(-c2ccc(CCC(=O)O)c(=O)n2C)c1. The number of aromatic nitrogens is 1. The Morgan fingerprint density at radius 3 is 2.57 bits per heavy atom. The van der Waals surface area contributed by atoms with Crippen molar-refractivity contribution in [3.8, 4) is 11.3 Å². The summed E-state index contributed by atoms with van der Waals surface area (Å²) in [5.41, 5.74) is 4.52. The fourth-order valence-electron chi connectivity index (χ4n) is 2.40. The number of pyridine rings is 1. The van der Waals surface area contributed by atoms with E-state index >= 15 is 0 Å². The van der Waals surface area contributed by atoms with Crippen molar-refractivity contribution in [3.63, 3.8) is 0 Å². The third-order valence-corrected chi connectivity index (χ3v) is 3.66. The van der Waals surface area contributed by atoms with E-state index in [-0.39, 0.29) is 18.4 Å². The number of hydrogen-bond acceptors (Lipinski definition) is 2. The molecule has 0 bridgehead atoms. The molecule has 110 valence electrons. The van der Waals surface area contributed by atoms with Crippen LogP contribution in [0.1, 0.15) is 23.1 Å². The van der Waals surface area contributed by atoms with E-state index < -0.39 is 5.97 Å². The molecule has 0 atom stereocenters. The molecule has 2 rings (SSSR count). The van der Waals surface area contributed by atoms with Gasteiger partial charge < -0.3 is 9.67 Å². The monoisotopic (exact) mass is 285 g/mol. The van der Waals surface area contributed by atoms with Crippen LogP contribution >= 0.6 is 0 Å². The molecule has 0 spiro atoms. The molecule has 4 heteroatoms. The van der Waals surface area contributed by atoms with Crippen LogP contribution in [0.5, 0.6) is 0 Å². The molecular weight excluding hydrogens is 266 g/mol. The van der Waals surface area contributed by atoms with E-state index in [9.17, 15) is 9.59 Å². The van der Waals surface area contributed by atoms with Crippen LogP contribution in [0.25, 0.3) is 11.3 Å². The van der Waals surface area contributed by atoms with Crippen molar-refractivity contribution in [2.75, 3.05) is 0 Å². The third-order valence-electron chi connectivity index (χ3n) is 3.66. The van der Waals surface area contributed by atoms with E-state index in [0.29, 0.717) is 5.56 Å². The summed E-state index contributed by atoms with van der Waals surface area (Å²) >= 11 is 0. The topological polar surface area (TPSA) is 59.3 Å². The summed E-state index contributed by atoms with van der Waals surface area (Å²) in [6.45, 7) is 4.03. The van der Waals surface area contributed by atoms with Crippen molar-refractivity contribution in [1.82, 2.24) is 4.57 Å². The van der Waals surface area contributed by atoms with Crippen molar-refractivity contribution in [1.29, 1.82) is 0 Å². The lowest BCUT2D eigenvalue weighted by molar-refractivity contribution is -0.136. The Morgan fingerprint density at radius 1 is 1.19 bits per heavy atom. The lowest BCUT2D eigenvalue weighted by Gasteiger charge is -2.13. The summed E-state index contributed by atoms with van der Waals surface area (Å²) in [4.78, 5) is 23.0. The number of nitrogens with zero attached hydrogens (tertiary/aromatic N) is 1. The first-order valence-electron chi connectivity index (χ1n) is 6.88. The molecule has 1 heterocycles. The normalized spacial score (nSPS) is 10.6. The average Bonchev–Trinajstić information content (AvgIpc) is 2.43. The van der Waals surface area contributed by atoms with Crippen molar-refractivity contribution in [2.24, 2.45) is 7.05 Å². The van der Waals surface area contributed by atoms with Gasteiger partial charge >= 0.3 is 5.97 Å². The highest BCUT2D eigenvalue weighted by atomic mass is 16.4. The number of carboxylic acids is 1. The largest absolute Gasteiger partial charge is 0.481 e. The number of hydrogen-bond donors (Lipinski definition) is 1. The first-order valence-corrected chi connectivity index (χ1v) is 6.88. The van der Waals surface area contributed by atoms with Gasteiger partial charge in [-0.3, -0.25) is 9.59 Å². The zero-order valence-electron chi connectivity index (χ0n) is 12.5. The van der Waals surface area contributed by atoms with Gasteiger partial charge in [-0.2, -0.15) is 0 Å². The molecule has 0 saturated heterocycles. The highest BCUT2D eigenvalue weighted by molar-refractivity contribution is 5.67. The number of rotatable bonds is 4. The third kappa shape index (κ3) is 3.21. The summed E-state index contributed by atoms with van der Waals surface area (Å²) in [5, 5.41) is 8.73. The Bertz CT molecular complexity index is 744. The number of carboxylic acid groups (broad SMARTS) is 1. The maximum absolute atomic E-state index is 12.3. The van der Waals surface area contributed by atoms with Gasteiger partial charge in [-0.25, -0.2) is 0 Å². The first-order chi connectivity index (χ1) is 9.90. The smallest absolute Gasteiger partial charge is 0.303 e. The Morgan fingerprint density at radius 2 is 1.90 bits per heavy atom. The molecule has 0 aliphatic heterocycles. The maximum Gasteiger partial charge on any atom is 0.303 e. The summed E-state index contributed by atoms with van der Waals surface area (Å²) in [6, 6.07) is 9.76. The van der Waals surface area contributed by atoms with Crippen LogP contribution in [-0.2, 0) is 18.3 Å². The molecule has 4 nitrogen and oxygen atoms in total. The van der Waals surface area contributed by atoms with Gasteiger partial charge in [-0.05, 0) is 38.0 Å². The molecule has 0 unspecified atom stereocenters. The van der Waals surface area contributed by atoms with Crippen LogP contribution in [0.15, 0.2) is 35.1 Å². The molecule has 0 amide bonds. The Kier molecular flexibility index (Phi) is 4.26. The van der Waals surface area contributed by atoms with E-state index in [4.69, 9.17) is 5.11 Å². The second kappa shape index (κ2) is 5.95. The lowest BCUT2D eigenvalue weighted by Crippen LogP contribution is -2.23. The quantitative estimate of drug-likeness (QED) is 0.939. The highest BCUT2D eigenvalue weighted by Gasteiger charge is 2.10. The second-order valence-electron chi connectivity index (χ2n) is 5.32. The highest BCUT2D eigenvalue weighted by Crippen LogP contribution is 2.23. The van der Waals surface area contributed by atoms with Gasteiger partial charge in [0.15, 0.2) is 0 Å². The van der Waals surface area contributed by atoms with Crippen molar-refractivity contribution in [3.05, 3.63) is 57.4 Å². The van der Waals surface area contributed by atoms with E-state index in [1.165, 1.54) is 0 Å². The lowest BCUT2D eigenvalue weighted by atomic mass is 10.0. The van der Waals surface area contributed by atoms with Gasteiger partial charge in [0.1, 0.15) is 0 Å².